The van der Waals surface area contributed by atoms with Crippen LogP contribution in [0.5, 0.6) is 0 Å². The van der Waals surface area contributed by atoms with Crippen LogP contribution in [-0.2, 0) is 0 Å². The van der Waals surface area contributed by atoms with Gasteiger partial charge in [0.1, 0.15) is 0 Å². The van der Waals surface area contributed by atoms with Crippen LogP contribution in [0.1, 0.15) is 37.8 Å². The average Bonchev–Trinajstić information content (AvgIpc) is 2.58. The van der Waals surface area contributed by atoms with Gasteiger partial charge in [0, 0.05) is 12.6 Å². The molecule has 2 nitrogen and oxygen atoms in total. The molecule has 0 amide bonds. The molecule has 1 aromatic rings. The van der Waals surface area contributed by atoms with Crippen molar-refractivity contribution in [1.82, 2.24) is 5.32 Å². The minimum Gasteiger partial charge on any atom is -0.389 e. The topological polar surface area (TPSA) is 32.3 Å². The average molecular weight is 246 g/mol. The molecule has 0 spiro atoms. The number of thiophene rings is 1. The van der Waals surface area contributed by atoms with Crippen molar-refractivity contribution in [2.75, 3.05) is 6.54 Å². The molecule has 1 saturated carbocycles. The van der Waals surface area contributed by atoms with E-state index in [2.05, 4.69) is 17.6 Å². The number of nitrogens with one attached hydrogen (secondary N) is 1. The van der Waals surface area contributed by atoms with Crippen molar-refractivity contribution in [3.8, 4) is 0 Å². The third-order valence-corrected chi connectivity index (χ3v) is 4.22. The molecule has 1 heterocycles. The maximum Gasteiger partial charge on any atom is 0.0931 e. The summed E-state index contributed by atoms with van der Waals surface area (Å²) in [7, 11) is 0. The van der Waals surface area contributed by atoms with Gasteiger partial charge in [0.15, 0.2) is 0 Å². The van der Waals surface area contributed by atoms with E-state index in [0.29, 0.717) is 6.54 Å². The van der Waals surface area contributed by atoms with Crippen molar-refractivity contribution in [2.24, 2.45) is 0 Å². The van der Waals surface area contributed by atoms with E-state index in [1.807, 2.05) is 6.07 Å². The summed E-state index contributed by atoms with van der Waals surface area (Å²) in [6, 6.07) is 2.24. The summed E-state index contributed by atoms with van der Waals surface area (Å²) >= 11 is 7.42. The van der Waals surface area contributed by atoms with Crippen molar-refractivity contribution in [1.29, 1.82) is 0 Å². The first kappa shape index (κ1) is 11.4. The van der Waals surface area contributed by atoms with Crippen LogP contribution in [0, 0.1) is 0 Å². The molecule has 0 aromatic carbocycles. The molecule has 15 heavy (non-hydrogen) atoms. The van der Waals surface area contributed by atoms with Crippen LogP contribution in [0.3, 0.4) is 0 Å². The Morgan fingerprint density at radius 1 is 1.67 bits per heavy atom. The van der Waals surface area contributed by atoms with Gasteiger partial charge in [0.05, 0.1) is 9.94 Å². The molecule has 1 unspecified atom stereocenters. The molecule has 0 saturated heterocycles. The Kier molecular flexibility index (Phi) is 3.36. The standard InChI is InChI=1S/C11H16ClNOS/c1-8(9-5-10(12)15-6-9)13-7-11(14)3-2-4-11/h5-6,8,13-14H,2-4,7H2,1H3. The lowest BCUT2D eigenvalue weighted by Gasteiger charge is -2.37. The maximum absolute atomic E-state index is 9.93. The Morgan fingerprint density at radius 2 is 2.40 bits per heavy atom. The Hall–Kier alpha value is -0.0900. The predicted molar refractivity (Wildman–Crippen MR) is 64.5 cm³/mol. The monoisotopic (exact) mass is 245 g/mol. The van der Waals surface area contributed by atoms with Crippen LogP contribution in [-0.4, -0.2) is 17.3 Å². The summed E-state index contributed by atoms with van der Waals surface area (Å²) in [5, 5.41) is 15.3. The number of hydrogen-bond donors (Lipinski definition) is 2. The third kappa shape index (κ3) is 2.72. The fourth-order valence-corrected chi connectivity index (χ4v) is 2.76. The first-order chi connectivity index (χ1) is 7.09. The highest BCUT2D eigenvalue weighted by Gasteiger charge is 2.34. The summed E-state index contributed by atoms with van der Waals surface area (Å²) in [6.45, 7) is 2.78. The Balaban J connectivity index is 1.84. The van der Waals surface area contributed by atoms with E-state index in [4.69, 9.17) is 11.6 Å². The zero-order valence-corrected chi connectivity index (χ0v) is 10.4. The van der Waals surface area contributed by atoms with E-state index in [9.17, 15) is 5.11 Å². The highest BCUT2D eigenvalue weighted by molar-refractivity contribution is 7.14. The maximum atomic E-state index is 9.93. The van der Waals surface area contributed by atoms with Crippen molar-refractivity contribution in [2.45, 2.75) is 37.8 Å². The van der Waals surface area contributed by atoms with Crippen LogP contribution in [0.2, 0.25) is 4.34 Å². The van der Waals surface area contributed by atoms with Gasteiger partial charge in [0.2, 0.25) is 0 Å². The van der Waals surface area contributed by atoms with Crippen molar-refractivity contribution in [3.63, 3.8) is 0 Å². The first-order valence-electron chi connectivity index (χ1n) is 5.29. The van der Waals surface area contributed by atoms with Crippen molar-refractivity contribution < 1.29 is 5.11 Å². The quantitative estimate of drug-likeness (QED) is 0.855. The van der Waals surface area contributed by atoms with Gasteiger partial charge in [-0.1, -0.05) is 11.6 Å². The second-order valence-corrected chi connectivity index (χ2v) is 5.91. The van der Waals surface area contributed by atoms with Crippen LogP contribution in [0.15, 0.2) is 11.4 Å². The highest BCUT2D eigenvalue weighted by atomic mass is 35.5. The second-order valence-electron chi connectivity index (χ2n) is 4.36. The minimum atomic E-state index is -0.450. The lowest BCUT2D eigenvalue weighted by atomic mass is 9.80. The Bertz CT molecular complexity index is 335. The van der Waals surface area contributed by atoms with Gasteiger partial charge in [-0.25, -0.2) is 0 Å². The van der Waals surface area contributed by atoms with E-state index in [1.54, 1.807) is 11.3 Å². The van der Waals surface area contributed by atoms with E-state index in [-0.39, 0.29) is 6.04 Å². The Labute approximate surface area is 99.3 Å². The number of hydrogen-bond acceptors (Lipinski definition) is 3. The molecule has 2 N–H and O–H groups in total. The van der Waals surface area contributed by atoms with Crippen LogP contribution in [0.25, 0.3) is 0 Å². The molecule has 1 aliphatic carbocycles. The molecular formula is C11H16ClNOS. The van der Waals surface area contributed by atoms with E-state index in [1.165, 1.54) is 5.56 Å². The van der Waals surface area contributed by atoms with Crippen LogP contribution < -0.4 is 5.32 Å². The van der Waals surface area contributed by atoms with Gasteiger partial charge < -0.3 is 10.4 Å². The fraction of sp³-hybridized carbons (Fsp3) is 0.636. The van der Waals surface area contributed by atoms with E-state index in [0.717, 1.165) is 23.6 Å². The summed E-state index contributed by atoms with van der Waals surface area (Å²) in [6.07, 6.45) is 3.01. The second kappa shape index (κ2) is 4.42. The number of aliphatic hydroxyl groups is 1. The van der Waals surface area contributed by atoms with E-state index < -0.39 is 5.60 Å². The normalized spacial score (nSPS) is 21.0. The van der Waals surface area contributed by atoms with Gasteiger partial charge >= 0.3 is 0 Å². The van der Waals surface area contributed by atoms with Crippen LogP contribution in [0.4, 0.5) is 0 Å². The van der Waals surface area contributed by atoms with Crippen molar-refractivity contribution in [3.05, 3.63) is 21.3 Å². The molecule has 0 radical (unpaired) electrons. The molecule has 84 valence electrons. The lowest BCUT2D eigenvalue weighted by molar-refractivity contribution is -0.0329. The molecule has 1 aliphatic rings. The molecular weight excluding hydrogens is 230 g/mol. The lowest BCUT2D eigenvalue weighted by Crippen LogP contribution is -2.46. The molecule has 2 rings (SSSR count). The van der Waals surface area contributed by atoms with Gasteiger partial charge in [-0.3, -0.25) is 0 Å². The number of halogens is 1. The first-order valence-corrected chi connectivity index (χ1v) is 6.54. The predicted octanol–water partition coefficient (Wildman–Crippen LogP) is 2.97. The molecule has 4 heteroatoms. The zero-order valence-electron chi connectivity index (χ0n) is 8.79. The smallest absolute Gasteiger partial charge is 0.0931 e. The van der Waals surface area contributed by atoms with Crippen LogP contribution >= 0.6 is 22.9 Å². The fourth-order valence-electron chi connectivity index (χ4n) is 1.77. The Morgan fingerprint density at radius 3 is 2.87 bits per heavy atom. The SMILES string of the molecule is CC(NCC1(O)CCC1)c1csc(Cl)c1. The van der Waals surface area contributed by atoms with Gasteiger partial charge in [0.25, 0.3) is 0 Å². The summed E-state index contributed by atoms with van der Waals surface area (Å²) in [5.41, 5.74) is 0.751. The minimum absolute atomic E-state index is 0.262. The van der Waals surface area contributed by atoms with Gasteiger partial charge in [-0.05, 0) is 43.2 Å². The molecule has 0 bridgehead atoms. The van der Waals surface area contributed by atoms with Gasteiger partial charge in [-0.2, -0.15) is 0 Å². The third-order valence-electron chi connectivity index (χ3n) is 3.11. The largest absolute Gasteiger partial charge is 0.389 e. The highest BCUT2D eigenvalue weighted by Crippen LogP contribution is 2.31. The van der Waals surface area contributed by atoms with Gasteiger partial charge in [-0.15, -0.1) is 11.3 Å². The molecule has 0 aliphatic heterocycles. The zero-order chi connectivity index (χ0) is 10.9. The summed E-state index contributed by atoms with van der Waals surface area (Å²) < 4.78 is 0.820. The molecule has 1 aromatic heterocycles. The van der Waals surface area contributed by atoms with Crippen molar-refractivity contribution >= 4 is 22.9 Å². The van der Waals surface area contributed by atoms with E-state index >= 15 is 0 Å². The summed E-state index contributed by atoms with van der Waals surface area (Å²) in [4.78, 5) is 0. The number of rotatable bonds is 4. The summed E-state index contributed by atoms with van der Waals surface area (Å²) in [5.74, 6) is 0. The molecule has 1 atom stereocenters. The molecule has 1 fully saturated rings.